The Bertz CT molecular complexity index is 199. The molecule has 0 aromatic heterocycles. The Balaban J connectivity index is -0.000000125. The molecular formula is C10H15Cl3Zr. The van der Waals surface area contributed by atoms with Crippen molar-refractivity contribution in [2.24, 2.45) is 0 Å². The predicted octanol–water partition coefficient (Wildman–Crippen LogP) is -5.93. The van der Waals surface area contributed by atoms with Crippen LogP contribution in [0.1, 0.15) is 30.9 Å². The number of hydrogen-bond acceptors (Lipinski definition) is 0. The molecule has 0 amide bonds. The number of unbranched alkanes of at least 4 members (excludes halogenated alkanes) is 1. The number of rotatable bonds is 3. The van der Waals surface area contributed by atoms with Crippen LogP contribution in [0.5, 0.6) is 0 Å². The molecule has 0 heterocycles. The maximum absolute atomic E-state index is 2.27. The van der Waals surface area contributed by atoms with Crippen LogP contribution in [0.15, 0.2) is 18.2 Å². The quantitative estimate of drug-likeness (QED) is 0.484. The molecule has 0 fully saturated rings. The molecule has 0 nitrogen and oxygen atoms in total. The zero-order chi connectivity index (χ0) is 7.40. The van der Waals surface area contributed by atoms with Crippen molar-refractivity contribution in [1.82, 2.24) is 0 Å². The zero-order valence-electron chi connectivity index (χ0n) is 8.49. The van der Waals surface area contributed by atoms with Gasteiger partial charge in [0.15, 0.2) is 0 Å². The molecular weight excluding hydrogens is 318 g/mol. The largest absolute Gasteiger partial charge is 4.00 e. The van der Waals surface area contributed by atoms with Gasteiger partial charge in [-0.2, -0.15) is 17.7 Å². The van der Waals surface area contributed by atoms with Crippen molar-refractivity contribution < 1.29 is 63.4 Å². The van der Waals surface area contributed by atoms with Crippen molar-refractivity contribution in [3.05, 3.63) is 29.3 Å². The molecule has 0 saturated carbocycles. The van der Waals surface area contributed by atoms with Crippen LogP contribution in [0.3, 0.4) is 0 Å². The topological polar surface area (TPSA) is 0 Å². The summed E-state index contributed by atoms with van der Waals surface area (Å²) in [6.45, 7) is 4.38. The summed E-state index contributed by atoms with van der Waals surface area (Å²) < 4.78 is 0. The summed E-state index contributed by atoms with van der Waals surface area (Å²) in [5, 5.41) is 0. The third-order valence-corrected chi connectivity index (χ3v) is 1.79. The van der Waals surface area contributed by atoms with Gasteiger partial charge in [-0.1, -0.05) is 33.1 Å². The summed E-state index contributed by atoms with van der Waals surface area (Å²) in [7, 11) is 0. The zero-order valence-corrected chi connectivity index (χ0v) is 13.2. The number of hydrogen-bond donors (Lipinski definition) is 0. The molecule has 0 aliphatic rings. The van der Waals surface area contributed by atoms with Gasteiger partial charge in [-0.05, 0) is 0 Å². The second kappa shape index (κ2) is 14.1. The molecule has 0 bridgehead atoms. The van der Waals surface area contributed by atoms with E-state index in [0.717, 1.165) is 0 Å². The summed E-state index contributed by atoms with van der Waals surface area (Å²) in [5.41, 5.74) is 2.89. The van der Waals surface area contributed by atoms with Gasteiger partial charge in [-0.15, -0.1) is 0 Å². The third kappa shape index (κ3) is 9.65. The van der Waals surface area contributed by atoms with Crippen LogP contribution >= 0.6 is 0 Å². The van der Waals surface area contributed by atoms with Gasteiger partial charge in [0.05, 0.1) is 0 Å². The van der Waals surface area contributed by atoms with Crippen LogP contribution < -0.4 is 37.2 Å². The molecule has 0 spiro atoms. The fraction of sp³-hybridized carbons (Fsp3) is 0.500. The van der Waals surface area contributed by atoms with E-state index in [4.69, 9.17) is 0 Å². The summed E-state index contributed by atoms with van der Waals surface area (Å²) in [5.74, 6) is 0. The predicted molar refractivity (Wildman–Crippen MR) is 45.4 cm³/mol. The van der Waals surface area contributed by atoms with Crippen molar-refractivity contribution in [1.29, 1.82) is 0 Å². The van der Waals surface area contributed by atoms with Gasteiger partial charge >= 0.3 is 26.2 Å². The van der Waals surface area contributed by atoms with E-state index >= 15 is 0 Å². The van der Waals surface area contributed by atoms with E-state index in [9.17, 15) is 0 Å². The van der Waals surface area contributed by atoms with Gasteiger partial charge in [0.25, 0.3) is 0 Å². The normalized spacial score (nSPS) is 7.29. The van der Waals surface area contributed by atoms with Crippen LogP contribution in [-0.4, -0.2) is 0 Å². The Hall–Kier alpha value is 1.10. The van der Waals surface area contributed by atoms with Crippen molar-refractivity contribution in [3.8, 4) is 0 Å². The minimum absolute atomic E-state index is 0. The monoisotopic (exact) mass is 330 g/mol. The first-order chi connectivity index (χ1) is 4.83. The van der Waals surface area contributed by atoms with Gasteiger partial charge < -0.3 is 37.2 Å². The molecule has 1 rings (SSSR count). The molecule has 4 heteroatoms. The average molecular weight is 333 g/mol. The first kappa shape index (κ1) is 24.4. The Morgan fingerprint density at radius 2 is 1.79 bits per heavy atom. The second-order valence-corrected chi connectivity index (χ2v) is 2.90. The average Bonchev–Trinajstić information content (AvgIpc) is 2.31. The molecule has 0 unspecified atom stereocenters. The standard InChI is InChI=1S/C10H15.3ClH.Zr/c1-3-4-5-10-7-6-9(2)8-10;;;;/h6-8H,3-5H2,1-2H3;3*1H;/q-1;;;;+4/p-3. The third-order valence-electron chi connectivity index (χ3n) is 1.79. The molecule has 1 aromatic carbocycles. The van der Waals surface area contributed by atoms with E-state index in [1.54, 1.807) is 0 Å². The first-order valence-electron chi connectivity index (χ1n) is 4.05. The summed E-state index contributed by atoms with van der Waals surface area (Å²) in [6.07, 6.45) is 3.87. The van der Waals surface area contributed by atoms with E-state index in [2.05, 4.69) is 32.0 Å². The van der Waals surface area contributed by atoms with Gasteiger partial charge in [0.1, 0.15) is 0 Å². The molecule has 0 radical (unpaired) electrons. The van der Waals surface area contributed by atoms with Crippen LogP contribution in [-0.2, 0) is 32.6 Å². The SMILES string of the molecule is CCCC[c-]1ccc(C)c1.[Cl-].[Cl-].[Cl-].[Zr+4]. The van der Waals surface area contributed by atoms with Gasteiger partial charge in [0.2, 0.25) is 0 Å². The van der Waals surface area contributed by atoms with Crippen LogP contribution in [0.25, 0.3) is 0 Å². The van der Waals surface area contributed by atoms with E-state index in [1.807, 2.05) is 0 Å². The molecule has 0 N–H and O–H groups in total. The Labute approximate surface area is 125 Å². The molecule has 0 atom stereocenters. The van der Waals surface area contributed by atoms with Crippen molar-refractivity contribution >= 4 is 0 Å². The Morgan fingerprint density at radius 3 is 2.14 bits per heavy atom. The van der Waals surface area contributed by atoms with Crippen LogP contribution in [0.2, 0.25) is 0 Å². The van der Waals surface area contributed by atoms with Crippen molar-refractivity contribution in [2.45, 2.75) is 33.1 Å². The van der Waals surface area contributed by atoms with Gasteiger partial charge in [-0.25, -0.2) is 11.6 Å². The van der Waals surface area contributed by atoms with Gasteiger partial charge in [-0.3, -0.25) is 0 Å². The molecule has 14 heavy (non-hydrogen) atoms. The van der Waals surface area contributed by atoms with Gasteiger partial charge in [0, 0.05) is 0 Å². The fourth-order valence-corrected chi connectivity index (χ4v) is 1.16. The maximum atomic E-state index is 2.27. The van der Waals surface area contributed by atoms with E-state index in [0.29, 0.717) is 0 Å². The van der Waals surface area contributed by atoms with Crippen molar-refractivity contribution in [2.75, 3.05) is 0 Å². The molecule has 0 aliphatic heterocycles. The van der Waals surface area contributed by atoms with Crippen LogP contribution in [0, 0.1) is 6.92 Å². The summed E-state index contributed by atoms with van der Waals surface area (Å²) in [6, 6.07) is 6.69. The van der Waals surface area contributed by atoms with E-state index in [-0.39, 0.29) is 63.4 Å². The number of aryl methyl sites for hydroxylation is 2. The molecule has 0 saturated heterocycles. The maximum Gasteiger partial charge on any atom is 4.00 e. The second-order valence-electron chi connectivity index (χ2n) is 2.90. The minimum atomic E-state index is 0. The molecule has 80 valence electrons. The Morgan fingerprint density at radius 1 is 1.21 bits per heavy atom. The van der Waals surface area contributed by atoms with Crippen LogP contribution in [0.4, 0.5) is 0 Å². The number of halogens is 3. The van der Waals surface area contributed by atoms with Crippen molar-refractivity contribution in [3.63, 3.8) is 0 Å². The fourth-order valence-electron chi connectivity index (χ4n) is 1.16. The first-order valence-corrected chi connectivity index (χ1v) is 4.05. The summed E-state index contributed by atoms with van der Waals surface area (Å²) in [4.78, 5) is 0. The van der Waals surface area contributed by atoms with E-state index < -0.39 is 0 Å². The minimum Gasteiger partial charge on any atom is -1.00 e. The molecule has 1 aromatic rings. The molecule has 0 aliphatic carbocycles. The Kier molecular flexibility index (Phi) is 24.5. The smallest absolute Gasteiger partial charge is 1.00 e. The van der Waals surface area contributed by atoms with E-state index in [1.165, 1.54) is 30.4 Å². The summed E-state index contributed by atoms with van der Waals surface area (Å²) >= 11 is 0.